The molecule has 0 bridgehead atoms. The van der Waals surface area contributed by atoms with Crippen LogP contribution in [0.3, 0.4) is 0 Å². The van der Waals surface area contributed by atoms with Crippen molar-refractivity contribution < 1.29 is 33.7 Å². The Morgan fingerprint density at radius 3 is 2.49 bits per heavy atom. The van der Waals surface area contributed by atoms with Crippen molar-refractivity contribution >= 4 is 61.7 Å². The quantitative estimate of drug-likeness (QED) is 0.157. The van der Waals surface area contributed by atoms with Gasteiger partial charge in [0, 0.05) is 10.6 Å². The van der Waals surface area contributed by atoms with Gasteiger partial charge in [-0.25, -0.2) is 9.78 Å². The highest BCUT2D eigenvalue weighted by Gasteiger charge is 2.48. The average Bonchev–Trinajstić information content (AvgIpc) is 3.49. The van der Waals surface area contributed by atoms with Crippen LogP contribution in [0.25, 0.3) is 16.0 Å². The van der Waals surface area contributed by atoms with E-state index in [0.29, 0.717) is 46.4 Å². The van der Waals surface area contributed by atoms with Crippen molar-refractivity contribution in [3.05, 3.63) is 87.9 Å². The molecule has 196 valence electrons. The van der Waals surface area contributed by atoms with Gasteiger partial charge in [0.1, 0.15) is 19.0 Å². The molecule has 3 aromatic carbocycles. The number of rotatable bonds is 4. The summed E-state index contributed by atoms with van der Waals surface area (Å²) in [7, 11) is 1.28. The van der Waals surface area contributed by atoms with Crippen molar-refractivity contribution in [1.82, 2.24) is 4.98 Å². The number of fused-ring (bicyclic) bond motifs is 2. The minimum Gasteiger partial charge on any atom is -0.507 e. The Morgan fingerprint density at radius 2 is 1.74 bits per heavy atom. The molecule has 0 radical (unpaired) electrons. The van der Waals surface area contributed by atoms with Crippen molar-refractivity contribution in [3.8, 4) is 11.5 Å². The molecule has 11 heteroatoms. The van der Waals surface area contributed by atoms with Gasteiger partial charge in [-0.1, -0.05) is 35.1 Å². The first-order chi connectivity index (χ1) is 18.9. The topological polar surface area (TPSA) is 115 Å². The van der Waals surface area contributed by atoms with E-state index in [1.807, 2.05) is 0 Å². The van der Waals surface area contributed by atoms with Crippen LogP contribution in [0.1, 0.15) is 27.5 Å². The number of aliphatic hydroxyl groups is 1. The zero-order valence-corrected chi connectivity index (χ0v) is 21.9. The van der Waals surface area contributed by atoms with Gasteiger partial charge in [0.2, 0.25) is 0 Å². The lowest BCUT2D eigenvalue weighted by Gasteiger charge is -2.23. The number of aromatic nitrogens is 1. The summed E-state index contributed by atoms with van der Waals surface area (Å²) in [6.45, 7) is 0.744. The molecule has 1 fully saturated rings. The number of carbonyl (C=O) groups is 3. The van der Waals surface area contributed by atoms with E-state index in [4.69, 9.17) is 25.8 Å². The third-order valence-electron chi connectivity index (χ3n) is 6.45. The first kappa shape index (κ1) is 24.9. The molecule has 2 aliphatic rings. The van der Waals surface area contributed by atoms with Crippen LogP contribution in [0.5, 0.6) is 11.5 Å². The molecule has 1 atom stereocenters. The Labute approximate surface area is 230 Å². The second-order valence-corrected chi connectivity index (χ2v) is 10.2. The van der Waals surface area contributed by atoms with E-state index < -0.39 is 23.7 Å². The number of Topliss-reactive ketones (excluding diaryl/α,β-unsaturated/α-hetero) is 1. The van der Waals surface area contributed by atoms with Gasteiger partial charge in [-0.15, -0.1) is 0 Å². The fourth-order valence-corrected chi connectivity index (χ4v) is 5.87. The summed E-state index contributed by atoms with van der Waals surface area (Å²) in [5.74, 6) is -1.69. The summed E-state index contributed by atoms with van der Waals surface area (Å²) in [6.07, 6.45) is 0. The van der Waals surface area contributed by atoms with Crippen LogP contribution in [0, 0.1) is 0 Å². The number of nitrogens with zero attached hydrogens (tertiary/aromatic N) is 2. The number of anilines is 1. The maximum Gasteiger partial charge on any atom is 0.337 e. The summed E-state index contributed by atoms with van der Waals surface area (Å²) < 4.78 is 16.7. The highest BCUT2D eigenvalue weighted by Crippen LogP contribution is 2.45. The van der Waals surface area contributed by atoms with Gasteiger partial charge >= 0.3 is 11.9 Å². The number of carbonyl (C=O) groups excluding carboxylic acids is 3. The number of methoxy groups -OCH3 is 1. The minimum absolute atomic E-state index is 0.125. The third kappa shape index (κ3) is 4.27. The number of ether oxygens (including phenoxy) is 3. The molecule has 1 unspecified atom stereocenters. The molecule has 1 aromatic heterocycles. The summed E-state index contributed by atoms with van der Waals surface area (Å²) in [5.41, 5.74) is 1.54. The van der Waals surface area contributed by atoms with Crippen LogP contribution >= 0.6 is 22.9 Å². The predicted molar refractivity (Wildman–Crippen MR) is 145 cm³/mol. The maximum atomic E-state index is 13.5. The summed E-state index contributed by atoms with van der Waals surface area (Å²) in [4.78, 5) is 44.8. The lowest BCUT2D eigenvalue weighted by Crippen LogP contribution is -2.29. The Morgan fingerprint density at radius 1 is 1.03 bits per heavy atom. The molecule has 9 nitrogen and oxygen atoms in total. The van der Waals surface area contributed by atoms with Crippen LogP contribution in [-0.2, 0) is 14.3 Å². The summed E-state index contributed by atoms with van der Waals surface area (Å²) >= 11 is 7.34. The fourth-order valence-electron chi connectivity index (χ4n) is 4.60. The van der Waals surface area contributed by atoms with Crippen molar-refractivity contribution in [1.29, 1.82) is 0 Å². The SMILES string of the molecule is COC(=O)c1ccc(C2/C(=C(\O)c3ccc4c(c3)OCCO4)C(=O)C(=O)N2c2nc3ccc(Cl)cc3s2)cc1. The first-order valence-electron chi connectivity index (χ1n) is 11.8. The second kappa shape index (κ2) is 9.72. The minimum atomic E-state index is -1.03. The van der Waals surface area contributed by atoms with Crippen molar-refractivity contribution in [3.63, 3.8) is 0 Å². The van der Waals surface area contributed by atoms with Gasteiger partial charge in [-0.05, 0) is 54.1 Å². The number of halogens is 1. The van der Waals surface area contributed by atoms with Gasteiger partial charge in [0.15, 0.2) is 16.6 Å². The molecule has 39 heavy (non-hydrogen) atoms. The van der Waals surface area contributed by atoms with E-state index in [-0.39, 0.29) is 22.0 Å². The van der Waals surface area contributed by atoms with Crippen molar-refractivity contribution in [2.24, 2.45) is 0 Å². The number of thiazole rings is 1. The Hall–Kier alpha value is -4.41. The summed E-state index contributed by atoms with van der Waals surface area (Å²) in [6, 6.07) is 15.2. The molecule has 0 aliphatic carbocycles. The summed E-state index contributed by atoms with van der Waals surface area (Å²) in [5, 5.41) is 12.2. The monoisotopic (exact) mass is 562 g/mol. The number of esters is 1. The van der Waals surface area contributed by atoms with Crippen LogP contribution < -0.4 is 14.4 Å². The number of amides is 1. The van der Waals surface area contributed by atoms with Crippen LogP contribution in [0.15, 0.2) is 66.2 Å². The molecule has 4 aromatic rings. The molecular formula is C28H19ClN2O7S. The number of aliphatic hydroxyl groups excluding tert-OH is 1. The van der Waals surface area contributed by atoms with Crippen molar-refractivity contribution in [2.75, 3.05) is 25.2 Å². The average molecular weight is 563 g/mol. The molecule has 6 rings (SSSR count). The van der Waals surface area contributed by atoms with Gasteiger partial charge < -0.3 is 19.3 Å². The largest absolute Gasteiger partial charge is 0.507 e. The van der Waals surface area contributed by atoms with E-state index in [1.54, 1.807) is 48.5 Å². The molecule has 1 N–H and O–H groups in total. The lowest BCUT2D eigenvalue weighted by molar-refractivity contribution is -0.132. The Bertz CT molecular complexity index is 1700. The van der Waals surface area contributed by atoms with E-state index in [2.05, 4.69) is 4.98 Å². The number of hydrogen-bond acceptors (Lipinski definition) is 9. The molecule has 3 heterocycles. The van der Waals surface area contributed by atoms with Gasteiger partial charge in [-0.3, -0.25) is 14.5 Å². The highest BCUT2D eigenvalue weighted by atomic mass is 35.5. The molecule has 1 saturated heterocycles. The highest BCUT2D eigenvalue weighted by molar-refractivity contribution is 7.22. The zero-order chi connectivity index (χ0) is 27.3. The normalized spacial score (nSPS) is 18.0. The standard InChI is InChI=1S/C28H19ClN2O7S/c1-36-27(35)15-4-2-14(3-5-15)23-22(24(32)16-6-9-19-20(12-16)38-11-10-37-19)25(33)26(34)31(23)28-30-18-8-7-17(29)13-21(18)39-28/h2-9,12-13,23,32H,10-11H2,1H3/b24-22+. The first-order valence-corrected chi connectivity index (χ1v) is 13.0. The van der Waals surface area contributed by atoms with Crippen LogP contribution in [-0.4, -0.2) is 48.1 Å². The smallest absolute Gasteiger partial charge is 0.337 e. The predicted octanol–water partition coefficient (Wildman–Crippen LogP) is 5.13. The van der Waals surface area contributed by atoms with Gasteiger partial charge in [0.05, 0.1) is 34.5 Å². The zero-order valence-electron chi connectivity index (χ0n) is 20.3. The molecule has 2 aliphatic heterocycles. The van der Waals surface area contributed by atoms with E-state index in [0.717, 1.165) is 4.70 Å². The second-order valence-electron chi connectivity index (χ2n) is 8.75. The van der Waals surface area contributed by atoms with E-state index in [9.17, 15) is 19.5 Å². The van der Waals surface area contributed by atoms with Gasteiger partial charge in [0.25, 0.3) is 5.78 Å². The molecular weight excluding hydrogens is 544 g/mol. The molecule has 1 amide bonds. The van der Waals surface area contributed by atoms with Gasteiger partial charge in [-0.2, -0.15) is 0 Å². The number of ketones is 1. The van der Waals surface area contributed by atoms with E-state index >= 15 is 0 Å². The fraction of sp³-hybridized carbons (Fsp3) is 0.143. The number of benzene rings is 3. The maximum absolute atomic E-state index is 13.5. The molecule has 0 spiro atoms. The number of hydrogen-bond donors (Lipinski definition) is 1. The third-order valence-corrected chi connectivity index (χ3v) is 7.71. The Balaban J connectivity index is 1.52. The lowest BCUT2D eigenvalue weighted by atomic mass is 9.94. The van der Waals surface area contributed by atoms with Crippen molar-refractivity contribution in [2.45, 2.75) is 6.04 Å². The van der Waals surface area contributed by atoms with Crippen LogP contribution in [0.4, 0.5) is 5.13 Å². The molecule has 0 saturated carbocycles. The van der Waals surface area contributed by atoms with E-state index in [1.165, 1.54) is 35.5 Å². The van der Waals surface area contributed by atoms with Crippen LogP contribution in [0.2, 0.25) is 5.02 Å². The Kier molecular flexibility index (Phi) is 6.20.